The monoisotopic (exact) mass is 248 g/mol. The van der Waals surface area contributed by atoms with Gasteiger partial charge in [-0.3, -0.25) is 4.79 Å². The van der Waals surface area contributed by atoms with Crippen LogP contribution in [0.5, 0.6) is 0 Å². The first-order chi connectivity index (χ1) is 4.74. The van der Waals surface area contributed by atoms with Gasteiger partial charge in [0.25, 0.3) is 0 Å². The lowest BCUT2D eigenvalue weighted by molar-refractivity contribution is 0.112. The molecule has 1 aromatic rings. The molecule has 52 valence electrons. The van der Waals surface area contributed by atoms with Crippen molar-refractivity contribution in [1.29, 1.82) is 0 Å². The Labute approximate surface area is 71.8 Å². The molecule has 0 bridgehead atoms. The fourth-order valence-corrected chi connectivity index (χ4v) is 1.03. The number of rotatable bonds is 1. The number of nitrogens with two attached hydrogens (primary N) is 1. The molecule has 0 aliphatic carbocycles. The third-order valence-electron chi connectivity index (χ3n) is 1.03. The number of hydrogen-bond donors (Lipinski definition) is 1. The van der Waals surface area contributed by atoms with Crippen LogP contribution in [0.2, 0.25) is 0 Å². The van der Waals surface area contributed by atoms with E-state index in [4.69, 9.17) is 5.73 Å². The van der Waals surface area contributed by atoms with Gasteiger partial charge in [-0.1, -0.05) is 0 Å². The molecule has 0 saturated carbocycles. The smallest absolute Gasteiger partial charge is 0.151 e. The second kappa shape index (κ2) is 2.96. The van der Waals surface area contributed by atoms with Crippen LogP contribution in [0.1, 0.15) is 10.4 Å². The van der Waals surface area contributed by atoms with Crippen molar-refractivity contribution in [3.05, 3.63) is 21.4 Å². The van der Waals surface area contributed by atoms with Crippen LogP contribution in [-0.4, -0.2) is 11.3 Å². The van der Waals surface area contributed by atoms with Crippen LogP contribution in [0.15, 0.2) is 12.3 Å². The lowest BCUT2D eigenvalue weighted by atomic mass is 10.3. The van der Waals surface area contributed by atoms with Crippen molar-refractivity contribution in [3.63, 3.8) is 0 Å². The number of carbonyl (C=O) groups is 1. The fourth-order valence-electron chi connectivity index (χ4n) is 0.528. The molecule has 4 heteroatoms. The maximum absolute atomic E-state index is 10.2. The SMILES string of the molecule is Nc1ncc(C=O)cc1I. The third-order valence-corrected chi connectivity index (χ3v) is 1.89. The molecule has 3 nitrogen and oxygen atoms in total. The van der Waals surface area contributed by atoms with E-state index in [1.807, 2.05) is 22.6 Å². The number of aromatic nitrogens is 1. The summed E-state index contributed by atoms with van der Waals surface area (Å²) in [7, 11) is 0. The van der Waals surface area contributed by atoms with E-state index in [9.17, 15) is 4.79 Å². The Bertz CT molecular complexity index is 262. The summed E-state index contributed by atoms with van der Waals surface area (Å²) in [5, 5.41) is 0. The number of anilines is 1. The van der Waals surface area contributed by atoms with Crippen LogP contribution >= 0.6 is 22.6 Å². The number of aldehydes is 1. The Kier molecular flexibility index (Phi) is 2.21. The molecule has 0 amide bonds. The highest BCUT2D eigenvalue weighted by atomic mass is 127. The maximum Gasteiger partial charge on any atom is 0.151 e. The summed E-state index contributed by atoms with van der Waals surface area (Å²) in [6.45, 7) is 0. The Hall–Kier alpha value is -0.650. The van der Waals surface area contributed by atoms with E-state index in [1.165, 1.54) is 6.20 Å². The minimum Gasteiger partial charge on any atom is -0.383 e. The van der Waals surface area contributed by atoms with Crippen molar-refractivity contribution in [3.8, 4) is 0 Å². The summed E-state index contributed by atoms with van der Waals surface area (Å²) in [4.78, 5) is 14.0. The maximum atomic E-state index is 10.2. The molecule has 0 aliphatic rings. The highest BCUT2D eigenvalue weighted by molar-refractivity contribution is 14.1. The molecule has 0 saturated heterocycles. The zero-order chi connectivity index (χ0) is 7.56. The van der Waals surface area contributed by atoms with Gasteiger partial charge >= 0.3 is 0 Å². The topological polar surface area (TPSA) is 56.0 Å². The van der Waals surface area contributed by atoms with Crippen molar-refractivity contribution in [2.24, 2.45) is 0 Å². The lowest BCUT2D eigenvalue weighted by Gasteiger charge is -1.95. The second-order valence-corrected chi connectivity index (χ2v) is 2.92. The van der Waals surface area contributed by atoms with Crippen molar-refractivity contribution < 1.29 is 4.79 Å². The molecule has 0 aliphatic heterocycles. The van der Waals surface area contributed by atoms with E-state index in [1.54, 1.807) is 6.07 Å². The summed E-state index contributed by atoms with van der Waals surface area (Å²) >= 11 is 2.03. The van der Waals surface area contributed by atoms with Gasteiger partial charge in [0.1, 0.15) is 5.82 Å². The highest BCUT2D eigenvalue weighted by Gasteiger charge is 1.96. The molecule has 1 rings (SSSR count). The summed E-state index contributed by atoms with van der Waals surface area (Å²) < 4.78 is 0.808. The van der Waals surface area contributed by atoms with E-state index in [0.717, 1.165) is 9.86 Å². The molecule has 2 N–H and O–H groups in total. The fraction of sp³-hybridized carbons (Fsp3) is 0. The lowest BCUT2D eigenvalue weighted by Crippen LogP contribution is -1.94. The van der Waals surface area contributed by atoms with Crippen LogP contribution in [0.4, 0.5) is 5.82 Å². The molecule has 1 heterocycles. The molecule has 0 atom stereocenters. The van der Waals surface area contributed by atoms with Crippen molar-refractivity contribution in [2.45, 2.75) is 0 Å². The van der Waals surface area contributed by atoms with Gasteiger partial charge in [-0.15, -0.1) is 0 Å². The van der Waals surface area contributed by atoms with Crippen LogP contribution in [0, 0.1) is 3.57 Å². The van der Waals surface area contributed by atoms with Crippen molar-refractivity contribution in [2.75, 3.05) is 5.73 Å². The van der Waals surface area contributed by atoms with Crippen molar-refractivity contribution in [1.82, 2.24) is 4.98 Å². The molecule has 0 aromatic carbocycles. The van der Waals surface area contributed by atoms with E-state index >= 15 is 0 Å². The average molecular weight is 248 g/mol. The zero-order valence-electron chi connectivity index (χ0n) is 5.04. The number of pyridine rings is 1. The quantitative estimate of drug-likeness (QED) is 0.597. The molecule has 0 fully saturated rings. The van der Waals surface area contributed by atoms with Crippen LogP contribution in [-0.2, 0) is 0 Å². The average Bonchev–Trinajstić information content (AvgIpc) is 1.95. The normalized spacial score (nSPS) is 9.30. The van der Waals surface area contributed by atoms with E-state index in [0.29, 0.717) is 11.4 Å². The van der Waals surface area contributed by atoms with Crippen molar-refractivity contribution >= 4 is 34.7 Å². The van der Waals surface area contributed by atoms with E-state index < -0.39 is 0 Å². The minimum atomic E-state index is 0.464. The Morgan fingerprint density at radius 2 is 2.40 bits per heavy atom. The molecule has 1 aromatic heterocycles. The predicted molar refractivity (Wildman–Crippen MR) is 46.8 cm³/mol. The highest BCUT2D eigenvalue weighted by Crippen LogP contribution is 2.11. The predicted octanol–water partition coefficient (Wildman–Crippen LogP) is 1.08. The van der Waals surface area contributed by atoms with Gasteiger partial charge in [0.2, 0.25) is 0 Å². The molecular formula is C6H5IN2O. The van der Waals surface area contributed by atoms with Gasteiger partial charge in [0, 0.05) is 11.8 Å². The van der Waals surface area contributed by atoms with Gasteiger partial charge in [-0.05, 0) is 28.7 Å². The first-order valence-electron chi connectivity index (χ1n) is 2.60. The summed E-state index contributed by atoms with van der Waals surface area (Å²) in [5.41, 5.74) is 5.96. The van der Waals surface area contributed by atoms with Crippen LogP contribution in [0.25, 0.3) is 0 Å². The first kappa shape index (κ1) is 7.46. The van der Waals surface area contributed by atoms with Gasteiger partial charge in [-0.2, -0.15) is 0 Å². The Morgan fingerprint density at radius 1 is 1.70 bits per heavy atom. The first-order valence-corrected chi connectivity index (χ1v) is 3.68. The molecule has 0 radical (unpaired) electrons. The van der Waals surface area contributed by atoms with Gasteiger partial charge in [0.05, 0.1) is 3.57 Å². The summed E-state index contributed by atoms with van der Waals surface area (Å²) in [5.74, 6) is 0.464. The summed E-state index contributed by atoms with van der Waals surface area (Å²) in [6.07, 6.45) is 2.19. The molecular weight excluding hydrogens is 243 g/mol. The number of nitrogen functional groups attached to an aromatic ring is 1. The number of nitrogens with zero attached hydrogens (tertiary/aromatic N) is 1. The molecule has 0 spiro atoms. The van der Waals surface area contributed by atoms with Crippen LogP contribution < -0.4 is 5.73 Å². The van der Waals surface area contributed by atoms with E-state index in [2.05, 4.69) is 4.98 Å². The third kappa shape index (κ3) is 1.44. The van der Waals surface area contributed by atoms with Gasteiger partial charge in [-0.25, -0.2) is 4.98 Å². The zero-order valence-corrected chi connectivity index (χ0v) is 7.20. The number of halogens is 1. The number of hydrogen-bond acceptors (Lipinski definition) is 3. The molecule has 0 unspecified atom stereocenters. The number of carbonyl (C=O) groups excluding carboxylic acids is 1. The van der Waals surface area contributed by atoms with Gasteiger partial charge < -0.3 is 5.73 Å². The molecule has 10 heavy (non-hydrogen) atoms. The Balaban J connectivity index is 3.16. The Morgan fingerprint density at radius 3 is 2.90 bits per heavy atom. The van der Waals surface area contributed by atoms with Crippen LogP contribution in [0.3, 0.4) is 0 Å². The van der Waals surface area contributed by atoms with E-state index in [-0.39, 0.29) is 0 Å². The minimum absolute atomic E-state index is 0.464. The second-order valence-electron chi connectivity index (χ2n) is 1.75. The van der Waals surface area contributed by atoms with Gasteiger partial charge in [0.15, 0.2) is 6.29 Å². The largest absolute Gasteiger partial charge is 0.383 e. The standard InChI is InChI=1S/C6H5IN2O/c7-5-1-4(3-10)2-9-6(5)8/h1-3H,(H2,8,9). The summed E-state index contributed by atoms with van der Waals surface area (Å²) in [6, 6.07) is 1.69.